The first-order valence-electron chi connectivity index (χ1n) is 9.60. The van der Waals surface area contributed by atoms with Crippen LogP contribution in [0.25, 0.3) is 10.8 Å². The van der Waals surface area contributed by atoms with Crippen LogP contribution >= 0.6 is 11.6 Å². The Morgan fingerprint density at radius 1 is 0.900 bits per heavy atom. The van der Waals surface area contributed by atoms with Crippen molar-refractivity contribution in [2.24, 2.45) is 0 Å². The molecule has 0 atom stereocenters. The van der Waals surface area contributed by atoms with Crippen molar-refractivity contribution in [3.8, 4) is 11.5 Å². The SMILES string of the molecule is COc1ccc(N2CCN(S(=O)(=O)c3cccc4cccc(Cl)c34)CC2)c(OC)c1. The van der Waals surface area contributed by atoms with E-state index in [1.807, 2.05) is 36.4 Å². The lowest BCUT2D eigenvalue weighted by Gasteiger charge is -2.36. The molecule has 1 aliphatic heterocycles. The Labute approximate surface area is 181 Å². The van der Waals surface area contributed by atoms with E-state index in [1.54, 1.807) is 32.4 Å². The van der Waals surface area contributed by atoms with Gasteiger partial charge in [-0.2, -0.15) is 4.31 Å². The fraction of sp³-hybridized carbons (Fsp3) is 0.273. The first kappa shape index (κ1) is 20.8. The van der Waals surface area contributed by atoms with Gasteiger partial charge >= 0.3 is 0 Å². The highest BCUT2D eigenvalue weighted by Crippen LogP contribution is 2.35. The first-order valence-corrected chi connectivity index (χ1v) is 11.4. The van der Waals surface area contributed by atoms with E-state index >= 15 is 0 Å². The largest absolute Gasteiger partial charge is 0.497 e. The second-order valence-electron chi connectivity index (χ2n) is 7.02. The summed E-state index contributed by atoms with van der Waals surface area (Å²) in [6, 6.07) is 16.3. The highest BCUT2D eigenvalue weighted by molar-refractivity contribution is 7.89. The van der Waals surface area contributed by atoms with Gasteiger partial charge in [-0.15, -0.1) is 0 Å². The molecule has 1 saturated heterocycles. The van der Waals surface area contributed by atoms with Crippen molar-refractivity contribution < 1.29 is 17.9 Å². The zero-order valence-electron chi connectivity index (χ0n) is 16.8. The molecule has 3 aromatic rings. The van der Waals surface area contributed by atoms with E-state index in [0.717, 1.165) is 11.1 Å². The summed E-state index contributed by atoms with van der Waals surface area (Å²) in [7, 11) is -0.449. The summed E-state index contributed by atoms with van der Waals surface area (Å²) >= 11 is 6.35. The third kappa shape index (κ3) is 3.69. The monoisotopic (exact) mass is 446 g/mol. The average molecular weight is 447 g/mol. The Kier molecular flexibility index (Phi) is 5.77. The third-order valence-corrected chi connectivity index (χ3v) is 7.66. The van der Waals surface area contributed by atoms with Crippen LogP contribution in [0.5, 0.6) is 11.5 Å². The van der Waals surface area contributed by atoms with Crippen molar-refractivity contribution >= 4 is 38.1 Å². The fourth-order valence-electron chi connectivity index (χ4n) is 3.83. The number of hydrogen-bond acceptors (Lipinski definition) is 5. The minimum atomic E-state index is -3.67. The number of sulfonamides is 1. The van der Waals surface area contributed by atoms with E-state index in [2.05, 4.69) is 4.90 Å². The summed E-state index contributed by atoms with van der Waals surface area (Å²) in [6.07, 6.45) is 0. The Hall–Kier alpha value is -2.48. The minimum absolute atomic E-state index is 0.251. The van der Waals surface area contributed by atoms with Crippen LogP contribution in [-0.2, 0) is 10.0 Å². The number of benzene rings is 3. The van der Waals surface area contributed by atoms with Crippen LogP contribution < -0.4 is 14.4 Å². The second-order valence-corrected chi connectivity index (χ2v) is 9.34. The lowest BCUT2D eigenvalue weighted by Crippen LogP contribution is -2.48. The van der Waals surface area contributed by atoms with Gasteiger partial charge in [-0.05, 0) is 29.7 Å². The molecule has 30 heavy (non-hydrogen) atoms. The van der Waals surface area contributed by atoms with Crippen molar-refractivity contribution in [1.29, 1.82) is 0 Å². The van der Waals surface area contributed by atoms with E-state index in [9.17, 15) is 8.42 Å². The fourth-order valence-corrected chi connectivity index (χ4v) is 5.83. The van der Waals surface area contributed by atoms with Crippen LogP contribution in [0.3, 0.4) is 0 Å². The lowest BCUT2D eigenvalue weighted by atomic mass is 10.1. The maximum Gasteiger partial charge on any atom is 0.243 e. The summed E-state index contributed by atoms with van der Waals surface area (Å²) < 4.78 is 39.1. The highest BCUT2D eigenvalue weighted by atomic mass is 35.5. The minimum Gasteiger partial charge on any atom is -0.497 e. The summed E-state index contributed by atoms with van der Waals surface area (Å²) in [6.45, 7) is 1.86. The molecule has 0 aromatic heterocycles. The van der Waals surface area contributed by atoms with E-state index in [-0.39, 0.29) is 4.90 Å². The molecule has 0 amide bonds. The Bertz CT molecular complexity index is 1170. The number of rotatable bonds is 5. The molecular weight excluding hydrogens is 424 g/mol. The van der Waals surface area contributed by atoms with Gasteiger partial charge in [0.15, 0.2) is 0 Å². The standard InChI is InChI=1S/C22H23ClN2O4S/c1-28-17-9-10-19(20(15-17)29-2)24-11-13-25(14-12-24)30(26,27)21-8-4-6-16-5-3-7-18(23)22(16)21/h3-10,15H,11-14H2,1-2H3. The van der Waals surface area contributed by atoms with Gasteiger partial charge in [-0.25, -0.2) is 8.42 Å². The quantitative estimate of drug-likeness (QED) is 0.592. The summed E-state index contributed by atoms with van der Waals surface area (Å²) in [5.74, 6) is 1.41. The van der Waals surface area contributed by atoms with Gasteiger partial charge in [0.25, 0.3) is 0 Å². The van der Waals surface area contributed by atoms with Crippen molar-refractivity contribution in [3.63, 3.8) is 0 Å². The molecule has 0 unspecified atom stereocenters. The number of nitrogens with zero attached hydrogens (tertiary/aromatic N) is 2. The summed E-state index contributed by atoms with van der Waals surface area (Å²) in [5, 5.41) is 1.82. The predicted molar refractivity (Wildman–Crippen MR) is 119 cm³/mol. The Morgan fingerprint density at radius 2 is 1.60 bits per heavy atom. The van der Waals surface area contributed by atoms with Gasteiger partial charge in [0.2, 0.25) is 10.0 Å². The summed E-state index contributed by atoms with van der Waals surface area (Å²) in [5.41, 5.74) is 0.920. The number of fused-ring (bicyclic) bond motifs is 1. The number of piperazine rings is 1. The van der Waals surface area contributed by atoms with E-state index in [1.165, 1.54) is 4.31 Å². The molecule has 0 radical (unpaired) electrons. The molecule has 0 aliphatic carbocycles. The average Bonchev–Trinajstić information content (AvgIpc) is 2.78. The number of halogens is 1. The van der Waals surface area contributed by atoms with Crippen molar-refractivity contribution in [1.82, 2.24) is 4.31 Å². The van der Waals surface area contributed by atoms with E-state index in [0.29, 0.717) is 48.1 Å². The highest BCUT2D eigenvalue weighted by Gasteiger charge is 2.31. The molecule has 0 spiro atoms. The van der Waals surface area contributed by atoms with Crippen LogP contribution in [0.1, 0.15) is 0 Å². The normalized spacial score (nSPS) is 15.4. The number of anilines is 1. The van der Waals surface area contributed by atoms with Gasteiger partial charge < -0.3 is 14.4 Å². The van der Waals surface area contributed by atoms with Crippen LogP contribution in [0.2, 0.25) is 5.02 Å². The van der Waals surface area contributed by atoms with Gasteiger partial charge in [0, 0.05) is 42.7 Å². The number of hydrogen-bond donors (Lipinski definition) is 0. The molecule has 8 heteroatoms. The Morgan fingerprint density at radius 3 is 2.27 bits per heavy atom. The summed E-state index contributed by atoms with van der Waals surface area (Å²) in [4.78, 5) is 2.38. The molecule has 1 aliphatic rings. The van der Waals surface area contributed by atoms with E-state index in [4.69, 9.17) is 21.1 Å². The molecule has 0 saturated carbocycles. The maximum absolute atomic E-state index is 13.4. The molecule has 4 rings (SSSR count). The molecule has 3 aromatic carbocycles. The second kappa shape index (κ2) is 8.34. The first-order chi connectivity index (χ1) is 14.5. The van der Waals surface area contributed by atoms with Crippen molar-refractivity contribution in [3.05, 3.63) is 59.6 Å². The van der Waals surface area contributed by atoms with Crippen LogP contribution in [0.4, 0.5) is 5.69 Å². The number of ether oxygens (including phenoxy) is 2. The molecule has 6 nitrogen and oxygen atoms in total. The smallest absolute Gasteiger partial charge is 0.243 e. The predicted octanol–water partition coefficient (Wildman–Crippen LogP) is 4.02. The van der Waals surface area contributed by atoms with E-state index < -0.39 is 10.0 Å². The Balaban J connectivity index is 1.59. The molecule has 0 N–H and O–H groups in total. The maximum atomic E-state index is 13.4. The van der Waals surface area contributed by atoms with Crippen molar-refractivity contribution in [2.75, 3.05) is 45.3 Å². The van der Waals surface area contributed by atoms with Crippen LogP contribution in [-0.4, -0.2) is 53.1 Å². The lowest BCUT2D eigenvalue weighted by molar-refractivity contribution is 0.375. The molecule has 0 bridgehead atoms. The topological polar surface area (TPSA) is 59.1 Å². The molecule has 1 heterocycles. The zero-order valence-corrected chi connectivity index (χ0v) is 18.4. The molecule has 1 fully saturated rings. The third-order valence-electron chi connectivity index (χ3n) is 5.40. The van der Waals surface area contributed by atoms with Gasteiger partial charge in [-0.1, -0.05) is 35.9 Å². The zero-order chi connectivity index (χ0) is 21.3. The van der Waals surface area contributed by atoms with Gasteiger partial charge in [0.05, 0.1) is 24.8 Å². The van der Waals surface area contributed by atoms with Crippen LogP contribution in [0, 0.1) is 0 Å². The van der Waals surface area contributed by atoms with Crippen LogP contribution in [0.15, 0.2) is 59.5 Å². The van der Waals surface area contributed by atoms with Gasteiger partial charge in [0.1, 0.15) is 11.5 Å². The molecule has 158 valence electrons. The molecular formula is C22H23ClN2O4S. The van der Waals surface area contributed by atoms with Gasteiger partial charge in [-0.3, -0.25) is 0 Å². The van der Waals surface area contributed by atoms with Crippen molar-refractivity contribution in [2.45, 2.75) is 4.90 Å². The number of methoxy groups -OCH3 is 2.